The van der Waals surface area contributed by atoms with Gasteiger partial charge in [0.05, 0.1) is 12.2 Å². The molecule has 1 aliphatic carbocycles. The van der Waals surface area contributed by atoms with Gasteiger partial charge in [-0.05, 0) is 45.3 Å². The van der Waals surface area contributed by atoms with Crippen molar-refractivity contribution in [3.05, 3.63) is 11.9 Å². The molecule has 122 valence electrons. The fraction of sp³-hybridized carbons (Fsp3) is 0.800. The van der Waals surface area contributed by atoms with E-state index in [9.17, 15) is 4.79 Å². The highest BCUT2D eigenvalue weighted by atomic mass is 16.2. The average molecular weight is 306 g/mol. The van der Waals surface area contributed by atoms with Crippen LogP contribution in [0.2, 0.25) is 0 Å². The molecule has 1 saturated carbocycles. The van der Waals surface area contributed by atoms with Gasteiger partial charge in [0.15, 0.2) is 5.69 Å². The molecule has 7 nitrogen and oxygen atoms in total. The minimum Gasteiger partial charge on any atom is -0.349 e. The van der Waals surface area contributed by atoms with Gasteiger partial charge in [-0.3, -0.25) is 9.69 Å². The van der Waals surface area contributed by atoms with Crippen LogP contribution in [-0.2, 0) is 0 Å². The summed E-state index contributed by atoms with van der Waals surface area (Å²) >= 11 is 0. The van der Waals surface area contributed by atoms with E-state index in [0.717, 1.165) is 45.1 Å². The summed E-state index contributed by atoms with van der Waals surface area (Å²) in [6.45, 7) is 6.80. The third-order valence-corrected chi connectivity index (χ3v) is 4.58. The van der Waals surface area contributed by atoms with Crippen molar-refractivity contribution < 1.29 is 4.79 Å². The first-order chi connectivity index (χ1) is 10.8. The Labute approximate surface area is 131 Å². The van der Waals surface area contributed by atoms with Gasteiger partial charge in [0.25, 0.3) is 5.91 Å². The summed E-state index contributed by atoms with van der Waals surface area (Å²) < 4.78 is 1.85. The van der Waals surface area contributed by atoms with Gasteiger partial charge < -0.3 is 10.6 Å². The predicted octanol–water partition coefficient (Wildman–Crippen LogP) is 0.417. The molecule has 0 aromatic carbocycles. The fourth-order valence-electron chi connectivity index (χ4n) is 3.07. The van der Waals surface area contributed by atoms with Crippen LogP contribution in [0.25, 0.3) is 0 Å². The molecule has 2 aliphatic rings. The molecule has 1 saturated heterocycles. The molecule has 1 aromatic heterocycles. The van der Waals surface area contributed by atoms with Crippen LogP contribution >= 0.6 is 0 Å². The third-order valence-electron chi connectivity index (χ3n) is 4.58. The normalized spacial score (nSPS) is 19.5. The molecule has 0 atom stereocenters. The highest BCUT2D eigenvalue weighted by molar-refractivity contribution is 5.91. The Balaban J connectivity index is 1.46. The first-order valence-electron chi connectivity index (χ1n) is 8.42. The molecule has 7 heteroatoms. The molecule has 22 heavy (non-hydrogen) atoms. The van der Waals surface area contributed by atoms with E-state index in [4.69, 9.17) is 0 Å². The van der Waals surface area contributed by atoms with Crippen molar-refractivity contribution in [2.24, 2.45) is 0 Å². The van der Waals surface area contributed by atoms with Crippen molar-refractivity contribution >= 4 is 5.91 Å². The van der Waals surface area contributed by atoms with E-state index < -0.39 is 0 Å². The van der Waals surface area contributed by atoms with Crippen LogP contribution in [0.3, 0.4) is 0 Å². The molecule has 0 unspecified atom stereocenters. The van der Waals surface area contributed by atoms with Gasteiger partial charge in [0, 0.05) is 19.1 Å². The van der Waals surface area contributed by atoms with Crippen LogP contribution in [0.15, 0.2) is 6.20 Å². The average Bonchev–Trinajstić information content (AvgIpc) is 3.27. The lowest BCUT2D eigenvalue weighted by atomic mass is 10.1. The molecule has 0 radical (unpaired) electrons. The number of piperidine rings is 1. The number of rotatable bonds is 7. The zero-order valence-corrected chi connectivity index (χ0v) is 13.3. The van der Waals surface area contributed by atoms with Gasteiger partial charge >= 0.3 is 0 Å². The Bertz CT molecular complexity index is 492. The highest BCUT2D eigenvalue weighted by Gasteiger charge is 2.27. The second-order valence-corrected chi connectivity index (χ2v) is 6.18. The molecule has 2 fully saturated rings. The number of likely N-dealkylation sites (N-methyl/N-ethyl adjacent to an activating group) is 1. The highest BCUT2D eigenvalue weighted by Crippen LogP contribution is 2.25. The molecule has 2 heterocycles. The van der Waals surface area contributed by atoms with Crippen molar-refractivity contribution in [2.75, 3.05) is 32.7 Å². The maximum Gasteiger partial charge on any atom is 0.273 e. The lowest BCUT2D eigenvalue weighted by Gasteiger charge is -2.22. The summed E-state index contributed by atoms with van der Waals surface area (Å²) in [5.74, 6) is -0.118. The lowest BCUT2D eigenvalue weighted by molar-refractivity contribution is 0.0943. The number of nitrogens with one attached hydrogen (secondary N) is 2. The number of amides is 1. The SMILES string of the molecule is CCN(CCNC(=O)c1cn(C2CCNCC2)nn1)C1CC1. The van der Waals surface area contributed by atoms with Crippen LogP contribution in [0.1, 0.15) is 49.1 Å². The van der Waals surface area contributed by atoms with Gasteiger partial charge in [-0.1, -0.05) is 12.1 Å². The van der Waals surface area contributed by atoms with Crippen molar-refractivity contribution in [1.82, 2.24) is 30.5 Å². The topological polar surface area (TPSA) is 75.1 Å². The van der Waals surface area contributed by atoms with Crippen molar-refractivity contribution in [3.8, 4) is 0 Å². The Morgan fingerprint density at radius 1 is 1.41 bits per heavy atom. The van der Waals surface area contributed by atoms with E-state index in [2.05, 4.69) is 32.8 Å². The van der Waals surface area contributed by atoms with Gasteiger partial charge in [0.1, 0.15) is 0 Å². The summed E-state index contributed by atoms with van der Waals surface area (Å²) in [5, 5.41) is 14.4. The van der Waals surface area contributed by atoms with Crippen molar-refractivity contribution in [3.63, 3.8) is 0 Å². The van der Waals surface area contributed by atoms with Crippen molar-refractivity contribution in [1.29, 1.82) is 0 Å². The number of carbonyl (C=O) groups is 1. The van der Waals surface area contributed by atoms with E-state index in [1.807, 2.05) is 4.68 Å². The number of aromatic nitrogens is 3. The summed E-state index contributed by atoms with van der Waals surface area (Å²) in [6.07, 6.45) is 6.46. The van der Waals surface area contributed by atoms with Crippen LogP contribution in [-0.4, -0.2) is 64.6 Å². The van der Waals surface area contributed by atoms with Gasteiger partial charge in [-0.15, -0.1) is 5.10 Å². The van der Waals surface area contributed by atoms with Crippen molar-refractivity contribution in [2.45, 2.75) is 44.7 Å². The minimum absolute atomic E-state index is 0.118. The molecule has 1 amide bonds. The quantitative estimate of drug-likeness (QED) is 0.763. The van der Waals surface area contributed by atoms with E-state index in [1.54, 1.807) is 6.20 Å². The molecule has 0 spiro atoms. The number of carbonyl (C=O) groups excluding carboxylic acids is 1. The molecular weight excluding hydrogens is 280 g/mol. The molecule has 0 bridgehead atoms. The van der Waals surface area contributed by atoms with Gasteiger partial charge in [-0.2, -0.15) is 0 Å². The van der Waals surface area contributed by atoms with Crippen LogP contribution in [0.4, 0.5) is 0 Å². The Morgan fingerprint density at radius 2 is 2.18 bits per heavy atom. The monoisotopic (exact) mass is 306 g/mol. The standard InChI is InChI=1S/C15H26N6O/c1-2-20(12-3-4-12)10-9-17-15(22)14-11-21(19-18-14)13-5-7-16-8-6-13/h11-13,16H,2-10H2,1H3,(H,17,22). The lowest BCUT2D eigenvalue weighted by Crippen LogP contribution is -2.36. The van der Waals surface area contributed by atoms with Crippen LogP contribution in [0.5, 0.6) is 0 Å². The number of nitrogens with zero attached hydrogens (tertiary/aromatic N) is 4. The van der Waals surface area contributed by atoms with E-state index in [0.29, 0.717) is 18.3 Å². The maximum absolute atomic E-state index is 12.1. The van der Waals surface area contributed by atoms with Gasteiger partial charge in [0.2, 0.25) is 0 Å². The third kappa shape index (κ3) is 3.84. The molecule has 1 aliphatic heterocycles. The second kappa shape index (κ2) is 7.19. The largest absolute Gasteiger partial charge is 0.349 e. The van der Waals surface area contributed by atoms with Crippen LogP contribution < -0.4 is 10.6 Å². The van der Waals surface area contributed by atoms with E-state index >= 15 is 0 Å². The number of hydrogen-bond donors (Lipinski definition) is 2. The summed E-state index contributed by atoms with van der Waals surface area (Å²) in [7, 11) is 0. The Morgan fingerprint density at radius 3 is 2.86 bits per heavy atom. The fourth-order valence-corrected chi connectivity index (χ4v) is 3.07. The van der Waals surface area contributed by atoms with Crippen LogP contribution in [0, 0.1) is 0 Å². The maximum atomic E-state index is 12.1. The predicted molar refractivity (Wildman–Crippen MR) is 83.8 cm³/mol. The molecule has 1 aromatic rings. The van der Waals surface area contributed by atoms with Gasteiger partial charge in [-0.25, -0.2) is 4.68 Å². The second-order valence-electron chi connectivity index (χ2n) is 6.18. The Hall–Kier alpha value is -1.47. The zero-order valence-electron chi connectivity index (χ0n) is 13.3. The zero-order chi connectivity index (χ0) is 15.4. The molecule has 3 rings (SSSR count). The smallest absolute Gasteiger partial charge is 0.273 e. The summed E-state index contributed by atoms with van der Waals surface area (Å²) in [4.78, 5) is 14.6. The first-order valence-corrected chi connectivity index (χ1v) is 8.42. The summed E-state index contributed by atoms with van der Waals surface area (Å²) in [6, 6.07) is 1.10. The minimum atomic E-state index is -0.118. The molecular formula is C15H26N6O. The van der Waals surface area contributed by atoms with E-state index in [1.165, 1.54) is 12.8 Å². The summed E-state index contributed by atoms with van der Waals surface area (Å²) in [5.41, 5.74) is 0.424. The Kier molecular flexibility index (Phi) is 5.04. The number of hydrogen-bond acceptors (Lipinski definition) is 5. The first kappa shape index (κ1) is 15.4. The molecule has 2 N–H and O–H groups in total. The van der Waals surface area contributed by atoms with E-state index in [-0.39, 0.29) is 5.91 Å².